The number of rotatable bonds is 6. The zero-order valence-corrected chi connectivity index (χ0v) is 37.0. The molecule has 0 amide bonds. The minimum Gasteiger partial charge on any atom is -0.456 e. The predicted octanol–water partition coefficient (Wildman–Crippen LogP) is 18.3. The lowest BCUT2D eigenvalue weighted by atomic mass is 10.0. The molecule has 0 saturated heterocycles. The maximum Gasteiger partial charge on any atom is 0.135 e. The third-order valence-electron chi connectivity index (χ3n) is 11.4. The van der Waals surface area contributed by atoms with Crippen molar-refractivity contribution in [2.24, 2.45) is 0 Å². The number of halogens is 1. The van der Waals surface area contributed by atoms with Crippen LogP contribution in [0.15, 0.2) is 256 Å². The lowest BCUT2D eigenvalue weighted by Crippen LogP contribution is -1.90. The smallest absolute Gasteiger partial charge is 0.135 e. The summed E-state index contributed by atoms with van der Waals surface area (Å²) in [6.07, 6.45) is 0. The van der Waals surface area contributed by atoms with Crippen molar-refractivity contribution in [2.45, 2.75) is 7.43 Å². The zero-order chi connectivity index (χ0) is 44.0. The highest BCUT2D eigenvalue weighted by Gasteiger charge is 2.09. The van der Waals surface area contributed by atoms with Crippen LogP contribution in [0.1, 0.15) is 7.43 Å². The summed E-state index contributed by atoms with van der Waals surface area (Å²) in [6.45, 7) is 0. The van der Waals surface area contributed by atoms with Gasteiger partial charge in [0, 0.05) is 43.1 Å². The second-order valence-corrected chi connectivity index (χ2v) is 16.7. The SMILES string of the molecule is Brc1ccc(-c2ccc(-c3ccccc3)cc2)cc1.C.Nc1ccc2oc3ccccc3c2c1.c1ccc(-c2ccc(-c3ccc(Nc4ccc5oc6ccccc6c5c4)cc3)cc2)cc1. The highest BCUT2D eigenvalue weighted by atomic mass is 79.9. The summed E-state index contributed by atoms with van der Waals surface area (Å²) in [5, 5.41) is 7.99. The lowest BCUT2D eigenvalue weighted by molar-refractivity contribution is 0.668. The van der Waals surface area contributed by atoms with E-state index in [0.717, 1.165) is 65.4 Å². The van der Waals surface area contributed by atoms with E-state index >= 15 is 0 Å². The molecule has 0 radical (unpaired) electrons. The Balaban J connectivity index is 0.000000136. The van der Waals surface area contributed by atoms with Crippen LogP contribution in [-0.4, -0.2) is 0 Å². The maximum absolute atomic E-state index is 5.93. The van der Waals surface area contributed by atoms with Crippen molar-refractivity contribution >= 4 is 76.9 Å². The molecule has 2 heterocycles. The van der Waals surface area contributed by atoms with Crippen LogP contribution in [0.2, 0.25) is 0 Å². The number of fused-ring (bicyclic) bond motifs is 6. The fourth-order valence-electron chi connectivity index (χ4n) is 8.07. The van der Waals surface area contributed by atoms with Crippen molar-refractivity contribution in [1.82, 2.24) is 0 Å². The first kappa shape index (κ1) is 43.1. The van der Waals surface area contributed by atoms with Crippen LogP contribution in [0.5, 0.6) is 0 Å². The second kappa shape index (κ2) is 19.7. The van der Waals surface area contributed by atoms with Crippen molar-refractivity contribution < 1.29 is 8.83 Å². The number of nitrogens with one attached hydrogen (secondary N) is 1. The van der Waals surface area contributed by atoms with Gasteiger partial charge in [0.1, 0.15) is 22.3 Å². The molecule has 12 rings (SSSR count). The topological polar surface area (TPSA) is 64.3 Å². The molecular formula is C61H47BrN2O2. The predicted molar refractivity (Wildman–Crippen MR) is 284 cm³/mol. The van der Waals surface area contributed by atoms with Crippen molar-refractivity contribution in [1.29, 1.82) is 0 Å². The van der Waals surface area contributed by atoms with Gasteiger partial charge in [-0.05, 0) is 117 Å². The number of benzene rings is 10. The largest absolute Gasteiger partial charge is 0.456 e. The average molecular weight is 920 g/mol. The Morgan fingerprint density at radius 1 is 0.303 bits per heavy atom. The van der Waals surface area contributed by atoms with E-state index in [-0.39, 0.29) is 7.43 Å². The summed E-state index contributed by atoms with van der Waals surface area (Å²) < 4.78 is 12.7. The number of hydrogen-bond acceptors (Lipinski definition) is 4. The number of furan rings is 2. The van der Waals surface area contributed by atoms with Crippen molar-refractivity contribution in [3.63, 3.8) is 0 Å². The first-order valence-electron chi connectivity index (χ1n) is 21.5. The normalized spacial score (nSPS) is 10.7. The molecule has 66 heavy (non-hydrogen) atoms. The van der Waals surface area contributed by atoms with Gasteiger partial charge >= 0.3 is 0 Å². The van der Waals surface area contributed by atoms with Crippen LogP contribution in [0.4, 0.5) is 17.1 Å². The highest BCUT2D eigenvalue weighted by molar-refractivity contribution is 9.10. The molecule has 5 heteroatoms. The van der Waals surface area contributed by atoms with Gasteiger partial charge in [-0.1, -0.05) is 193 Å². The lowest BCUT2D eigenvalue weighted by Gasteiger charge is -2.09. The van der Waals surface area contributed by atoms with E-state index in [9.17, 15) is 0 Å². The molecule has 0 spiro atoms. The second-order valence-electron chi connectivity index (χ2n) is 15.8. The van der Waals surface area contributed by atoms with Crippen LogP contribution >= 0.6 is 15.9 Å². The van der Waals surface area contributed by atoms with E-state index in [1.807, 2.05) is 78.9 Å². The number of para-hydroxylation sites is 2. The summed E-state index contributed by atoms with van der Waals surface area (Å²) in [4.78, 5) is 0. The number of anilines is 3. The molecule has 0 aliphatic rings. The van der Waals surface area contributed by atoms with Crippen LogP contribution in [0.25, 0.3) is 88.4 Å². The van der Waals surface area contributed by atoms with E-state index in [0.29, 0.717) is 0 Å². The Morgan fingerprint density at radius 3 is 1.11 bits per heavy atom. The van der Waals surface area contributed by atoms with E-state index < -0.39 is 0 Å². The third-order valence-corrected chi connectivity index (χ3v) is 12.0. The molecular weight excluding hydrogens is 873 g/mol. The summed E-state index contributed by atoms with van der Waals surface area (Å²) in [7, 11) is 0. The fraction of sp³-hybridized carbons (Fsp3) is 0.0164. The van der Waals surface area contributed by atoms with Gasteiger partial charge in [0.25, 0.3) is 0 Å². The Bertz CT molecular complexity index is 3490. The monoisotopic (exact) mass is 918 g/mol. The molecule has 0 aliphatic carbocycles. The van der Waals surface area contributed by atoms with Crippen LogP contribution < -0.4 is 11.1 Å². The van der Waals surface area contributed by atoms with Gasteiger partial charge in [-0.15, -0.1) is 0 Å². The van der Waals surface area contributed by atoms with Crippen molar-refractivity contribution in [2.75, 3.05) is 11.1 Å². The maximum atomic E-state index is 5.93. The van der Waals surface area contributed by atoms with Crippen LogP contribution in [0, 0.1) is 0 Å². The summed E-state index contributed by atoms with van der Waals surface area (Å²) in [6, 6.07) is 83.3. The Hall–Kier alpha value is -8.12. The van der Waals surface area contributed by atoms with Gasteiger partial charge in [0.15, 0.2) is 0 Å². The molecule has 320 valence electrons. The van der Waals surface area contributed by atoms with Crippen molar-refractivity contribution in [3.8, 4) is 44.5 Å². The van der Waals surface area contributed by atoms with Gasteiger partial charge < -0.3 is 19.9 Å². The summed E-state index contributed by atoms with van der Waals surface area (Å²) in [5.41, 5.74) is 22.1. The first-order chi connectivity index (χ1) is 32.0. The molecule has 0 fully saturated rings. The minimum atomic E-state index is 0. The zero-order valence-electron chi connectivity index (χ0n) is 35.4. The third kappa shape index (κ3) is 9.68. The fourth-order valence-corrected chi connectivity index (χ4v) is 8.34. The summed E-state index contributed by atoms with van der Waals surface area (Å²) >= 11 is 3.46. The quantitative estimate of drug-likeness (QED) is 0.163. The molecule has 3 N–H and O–H groups in total. The van der Waals surface area contributed by atoms with Gasteiger partial charge in [-0.25, -0.2) is 0 Å². The highest BCUT2D eigenvalue weighted by Crippen LogP contribution is 2.33. The number of nitrogens with two attached hydrogens (primary N) is 1. The molecule has 4 nitrogen and oxygen atoms in total. The summed E-state index contributed by atoms with van der Waals surface area (Å²) in [5.74, 6) is 0. The molecule has 0 atom stereocenters. The van der Waals surface area contributed by atoms with E-state index in [1.165, 1.54) is 44.5 Å². The van der Waals surface area contributed by atoms with E-state index in [2.05, 4.69) is 185 Å². The Kier molecular flexibility index (Phi) is 12.9. The minimum absolute atomic E-state index is 0. The molecule has 0 bridgehead atoms. The molecule has 10 aromatic carbocycles. The molecule has 12 aromatic rings. The van der Waals surface area contributed by atoms with Gasteiger partial charge in [-0.2, -0.15) is 0 Å². The average Bonchev–Trinajstić information content (AvgIpc) is 3.93. The first-order valence-corrected chi connectivity index (χ1v) is 22.3. The van der Waals surface area contributed by atoms with Gasteiger partial charge in [0.05, 0.1) is 0 Å². The molecule has 0 unspecified atom stereocenters. The Morgan fingerprint density at radius 2 is 0.636 bits per heavy atom. The number of hydrogen-bond donors (Lipinski definition) is 2. The Labute approximate surface area is 393 Å². The standard InChI is InChI=1S/C30H21NO.C18H13Br.C12H9NO.CH4/c1-2-6-21(7-3-1)22-10-12-23(13-11-22)24-14-16-25(17-15-24)31-26-18-19-30-28(20-26)27-8-4-5-9-29(27)32-30;19-18-12-10-17(11-13-18)16-8-6-15(7-9-16)14-4-2-1-3-5-14;13-8-5-6-12-10(7-8)9-3-1-2-4-11(9)14-12;/h1-20,31H;1-13H;1-7H,13H2;1H4. The molecule has 2 aromatic heterocycles. The van der Waals surface area contributed by atoms with Gasteiger partial charge in [0.2, 0.25) is 0 Å². The molecule has 0 aliphatic heterocycles. The van der Waals surface area contributed by atoms with Crippen LogP contribution in [-0.2, 0) is 0 Å². The van der Waals surface area contributed by atoms with Gasteiger partial charge in [-0.3, -0.25) is 0 Å². The van der Waals surface area contributed by atoms with Crippen LogP contribution in [0.3, 0.4) is 0 Å². The molecule has 0 saturated carbocycles. The van der Waals surface area contributed by atoms with E-state index in [4.69, 9.17) is 14.6 Å². The van der Waals surface area contributed by atoms with Crippen molar-refractivity contribution in [3.05, 3.63) is 247 Å². The van der Waals surface area contributed by atoms with E-state index in [1.54, 1.807) is 0 Å². The number of nitrogen functional groups attached to an aromatic ring is 1.